The van der Waals surface area contributed by atoms with Crippen molar-refractivity contribution in [2.24, 2.45) is 0 Å². The summed E-state index contributed by atoms with van der Waals surface area (Å²) in [6.45, 7) is 1.45. The Balaban J connectivity index is 1.88. The third kappa shape index (κ3) is 5.71. The number of nitrogens with one attached hydrogen (secondary N) is 2. The second kappa shape index (κ2) is 9.76. The van der Waals surface area contributed by atoms with Gasteiger partial charge in [0.1, 0.15) is 5.70 Å². The first-order valence-corrected chi connectivity index (χ1v) is 9.82. The highest BCUT2D eigenvalue weighted by Gasteiger charge is 2.16. The number of rotatable bonds is 6. The summed E-state index contributed by atoms with van der Waals surface area (Å²) in [5, 5.41) is 5.38. The highest BCUT2D eigenvalue weighted by atomic mass is 79.9. The van der Waals surface area contributed by atoms with E-state index in [1.807, 2.05) is 0 Å². The van der Waals surface area contributed by atoms with E-state index in [0.29, 0.717) is 22.4 Å². The average Bonchev–Trinajstić information content (AvgIpc) is 2.74. The molecule has 1 aromatic heterocycles. The minimum Gasteiger partial charge on any atom is -0.321 e. The summed E-state index contributed by atoms with van der Waals surface area (Å²) < 4.78 is 0.749. The highest BCUT2D eigenvalue weighted by molar-refractivity contribution is 9.10. The molecule has 0 saturated heterocycles. The van der Waals surface area contributed by atoms with E-state index in [1.54, 1.807) is 73.1 Å². The Labute approximate surface area is 182 Å². The molecule has 2 aromatic carbocycles. The second-order valence-electron chi connectivity index (χ2n) is 6.40. The van der Waals surface area contributed by atoms with Crippen molar-refractivity contribution >= 4 is 45.3 Å². The predicted molar refractivity (Wildman–Crippen MR) is 119 cm³/mol. The van der Waals surface area contributed by atoms with Crippen LogP contribution < -0.4 is 10.6 Å². The number of aromatic nitrogens is 1. The maximum absolute atomic E-state index is 12.9. The molecule has 0 aliphatic carbocycles. The summed E-state index contributed by atoms with van der Waals surface area (Å²) in [6, 6.07) is 16.9. The maximum Gasteiger partial charge on any atom is 0.272 e. The van der Waals surface area contributed by atoms with Crippen molar-refractivity contribution in [3.63, 3.8) is 0 Å². The van der Waals surface area contributed by atoms with Gasteiger partial charge in [-0.05, 0) is 55.0 Å². The summed E-state index contributed by atoms with van der Waals surface area (Å²) in [7, 11) is 0. The summed E-state index contributed by atoms with van der Waals surface area (Å²) in [5.74, 6) is -1.07. The van der Waals surface area contributed by atoms with Crippen LogP contribution in [0.25, 0.3) is 6.08 Å². The lowest BCUT2D eigenvalue weighted by Gasteiger charge is -2.12. The first-order valence-electron chi connectivity index (χ1n) is 9.03. The molecule has 7 heteroatoms. The molecule has 3 aromatic rings. The van der Waals surface area contributed by atoms with E-state index in [4.69, 9.17) is 0 Å². The fourth-order valence-electron chi connectivity index (χ4n) is 2.62. The van der Waals surface area contributed by atoms with E-state index in [1.165, 1.54) is 13.0 Å². The van der Waals surface area contributed by atoms with Crippen LogP contribution in [0.1, 0.15) is 33.2 Å². The minimum atomic E-state index is -0.525. The number of Topliss-reactive ketones (excluding diaryl/α,β-unsaturated/α-hetero) is 1. The Morgan fingerprint density at radius 3 is 2.43 bits per heavy atom. The van der Waals surface area contributed by atoms with Gasteiger partial charge < -0.3 is 10.6 Å². The number of ketones is 1. The van der Waals surface area contributed by atoms with E-state index < -0.39 is 11.8 Å². The number of hydrogen-bond acceptors (Lipinski definition) is 4. The van der Waals surface area contributed by atoms with Crippen LogP contribution in [0.15, 0.2) is 83.2 Å². The van der Waals surface area contributed by atoms with Gasteiger partial charge in [-0.25, -0.2) is 0 Å². The van der Waals surface area contributed by atoms with Crippen molar-refractivity contribution in [2.45, 2.75) is 6.92 Å². The fraction of sp³-hybridized carbons (Fsp3) is 0.0435. The molecule has 0 bridgehead atoms. The number of amides is 2. The van der Waals surface area contributed by atoms with Crippen molar-refractivity contribution < 1.29 is 14.4 Å². The zero-order chi connectivity index (χ0) is 21.5. The average molecular weight is 464 g/mol. The topological polar surface area (TPSA) is 88.2 Å². The summed E-state index contributed by atoms with van der Waals surface area (Å²) in [4.78, 5) is 41.2. The number of carbonyl (C=O) groups is 3. The van der Waals surface area contributed by atoms with Crippen molar-refractivity contribution in [1.82, 2.24) is 10.3 Å². The Bertz CT molecular complexity index is 1130. The standard InChI is InChI=1S/C23H18BrN3O3/c1-15(28)17-6-3-9-20(13-17)26-23(30)21(11-16-5-4-10-25-14-16)27-22(29)18-7-2-8-19(24)12-18/h2-14H,1H3,(H,26,30)(H,27,29)/b21-11-. The smallest absolute Gasteiger partial charge is 0.272 e. The van der Waals surface area contributed by atoms with Gasteiger partial charge in [-0.1, -0.05) is 40.2 Å². The number of hydrogen-bond donors (Lipinski definition) is 2. The quantitative estimate of drug-likeness (QED) is 0.417. The van der Waals surface area contributed by atoms with Crippen molar-refractivity contribution in [2.75, 3.05) is 5.32 Å². The number of anilines is 1. The fourth-order valence-corrected chi connectivity index (χ4v) is 3.02. The lowest BCUT2D eigenvalue weighted by atomic mass is 10.1. The molecule has 2 N–H and O–H groups in total. The van der Waals surface area contributed by atoms with Gasteiger partial charge >= 0.3 is 0 Å². The normalized spacial score (nSPS) is 10.9. The van der Waals surface area contributed by atoms with Gasteiger partial charge in [-0.3, -0.25) is 19.4 Å². The van der Waals surface area contributed by atoms with Crippen LogP contribution in [0.4, 0.5) is 5.69 Å². The molecular formula is C23H18BrN3O3. The minimum absolute atomic E-state index is 0.0428. The van der Waals surface area contributed by atoms with E-state index in [0.717, 1.165) is 4.47 Å². The predicted octanol–water partition coefficient (Wildman–Crippen LogP) is 4.46. The molecule has 6 nitrogen and oxygen atoms in total. The maximum atomic E-state index is 12.9. The molecule has 2 amide bonds. The van der Waals surface area contributed by atoms with Crippen LogP contribution in [0.2, 0.25) is 0 Å². The van der Waals surface area contributed by atoms with Crippen LogP contribution in [-0.4, -0.2) is 22.6 Å². The molecule has 0 unspecified atom stereocenters. The molecule has 0 saturated carbocycles. The van der Waals surface area contributed by atoms with Crippen LogP contribution in [0.3, 0.4) is 0 Å². The third-order valence-corrected chi connectivity index (χ3v) is 4.60. The highest BCUT2D eigenvalue weighted by Crippen LogP contribution is 2.15. The Morgan fingerprint density at radius 2 is 1.73 bits per heavy atom. The molecule has 0 spiro atoms. The number of pyridine rings is 1. The van der Waals surface area contributed by atoms with Gasteiger partial charge in [-0.2, -0.15) is 0 Å². The van der Waals surface area contributed by atoms with Gasteiger partial charge in [0.05, 0.1) is 0 Å². The Kier molecular flexibility index (Phi) is 6.87. The largest absolute Gasteiger partial charge is 0.321 e. The van der Waals surface area contributed by atoms with E-state index >= 15 is 0 Å². The molecule has 0 aliphatic rings. The first kappa shape index (κ1) is 21.1. The molecular weight excluding hydrogens is 446 g/mol. The zero-order valence-electron chi connectivity index (χ0n) is 16.1. The van der Waals surface area contributed by atoms with Gasteiger partial charge in [0.15, 0.2) is 5.78 Å². The lowest BCUT2D eigenvalue weighted by molar-refractivity contribution is -0.113. The number of carbonyl (C=O) groups excluding carboxylic acids is 3. The van der Waals surface area contributed by atoms with Gasteiger partial charge in [0, 0.05) is 33.7 Å². The molecule has 0 atom stereocenters. The second-order valence-corrected chi connectivity index (χ2v) is 7.32. The Morgan fingerprint density at radius 1 is 0.967 bits per heavy atom. The SMILES string of the molecule is CC(=O)c1cccc(NC(=O)/C(=C/c2cccnc2)NC(=O)c2cccc(Br)c2)c1. The van der Waals surface area contributed by atoms with E-state index in [9.17, 15) is 14.4 Å². The Hall–Kier alpha value is -3.58. The first-order chi connectivity index (χ1) is 14.4. The number of halogens is 1. The molecule has 0 radical (unpaired) electrons. The molecule has 0 aliphatic heterocycles. The van der Waals surface area contributed by atoms with Crippen LogP contribution in [-0.2, 0) is 4.79 Å². The third-order valence-electron chi connectivity index (χ3n) is 4.10. The van der Waals surface area contributed by atoms with E-state index in [2.05, 4.69) is 31.5 Å². The van der Waals surface area contributed by atoms with Crippen LogP contribution in [0, 0.1) is 0 Å². The molecule has 0 fully saturated rings. The van der Waals surface area contributed by atoms with Crippen molar-refractivity contribution in [3.05, 3.63) is 99.9 Å². The van der Waals surface area contributed by atoms with E-state index in [-0.39, 0.29) is 11.5 Å². The number of nitrogens with zero attached hydrogens (tertiary/aromatic N) is 1. The molecule has 1 heterocycles. The van der Waals surface area contributed by atoms with Gasteiger partial charge in [0.2, 0.25) is 0 Å². The summed E-state index contributed by atoms with van der Waals surface area (Å²) >= 11 is 3.33. The van der Waals surface area contributed by atoms with Crippen LogP contribution >= 0.6 is 15.9 Å². The summed E-state index contributed by atoms with van der Waals surface area (Å²) in [6.07, 6.45) is 4.73. The van der Waals surface area contributed by atoms with Crippen LogP contribution in [0.5, 0.6) is 0 Å². The molecule has 30 heavy (non-hydrogen) atoms. The monoisotopic (exact) mass is 463 g/mol. The molecule has 150 valence electrons. The van der Waals surface area contributed by atoms with Gasteiger partial charge in [0.25, 0.3) is 11.8 Å². The van der Waals surface area contributed by atoms with Crippen molar-refractivity contribution in [3.8, 4) is 0 Å². The lowest BCUT2D eigenvalue weighted by Crippen LogP contribution is -2.30. The number of benzene rings is 2. The summed E-state index contributed by atoms with van der Waals surface area (Å²) in [5.41, 5.74) is 2.01. The van der Waals surface area contributed by atoms with Crippen molar-refractivity contribution in [1.29, 1.82) is 0 Å². The zero-order valence-corrected chi connectivity index (χ0v) is 17.6. The molecule has 3 rings (SSSR count). The van der Waals surface area contributed by atoms with Gasteiger partial charge in [-0.15, -0.1) is 0 Å².